The predicted octanol–water partition coefficient (Wildman–Crippen LogP) is 3.45. The zero-order valence-electron chi connectivity index (χ0n) is 21.5. The first-order valence-electron chi connectivity index (χ1n) is 12.3. The fourth-order valence-electron chi connectivity index (χ4n) is 4.42. The maximum atomic E-state index is 15.4. The van der Waals surface area contributed by atoms with Gasteiger partial charge >= 0.3 is 11.7 Å². The van der Waals surface area contributed by atoms with E-state index in [0.717, 1.165) is 32.4 Å². The molecule has 2 heterocycles. The van der Waals surface area contributed by atoms with Crippen LogP contribution in [-0.4, -0.2) is 58.5 Å². The van der Waals surface area contributed by atoms with Gasteiger partial charge in [0.25, 0.3) is 10.2 Å². The minimum Gasteiger partial charge on any atom is -0.422 e. The summed E-state index contributed by atoms with van der Waals surface area (Å²) in [6, 6.07) is 9.18. The van der Waals surface area contributed by atoms with Crippen molar-refractivity contribution in [3.05, 3.63) is 69.3 Å². The van der Waals surface area contributed by atoms with Crippen molar-refractivity contribution in [3.8, 4) is 5.75 Å². The topological polar surface area (TPSA) is 121 Å². The third-order valence-electron chi connectivity index (χ3n) is 6.45. The Labute approximate surface area is 220 Å². The number of nitrogens with one attached hydrogen (secondary N) is 2. The highest BCUT2D eigenvalue weighted by atomic mass is 32.2. The number of ether oxygens (including phenoxy) is 1. The van der Waals surface area contributed by atoms with E-state index in [4.69, 9.17) is 9.15 Å². The van der Waals surface area contributed by atoms with Crippen molar-refractivity contribution in [1.82, 2.24) is 14.5 Å². The second-order valence-electron chi connectivity index (χ2n) is 9.37. The van der Waals surface area contributed by atoms with E-state index >= 15 is 4.39 Å². The van der Waals surface area contributed by atoms with Gasteiger partial charge in [-0.05, 0) is 55.3 Å². The highest BCUT2D eigenvalue weighted by Crippen LogP contribution is 2.29. The maximum absolute atomic E-state index is 15.4. The van der Waals surface area contributed by atoms with Crippen LogP contribution in [0, 0.1) is 5.82 Å². The Bertz CT molecular complexity index is 1500. The first-order chi connectivity index (χ1) is 18.1. The van der Waals surface area contributed by atoms with Crippen molar-refractivity contribution in [2.24, 2.45) is 0 Å². The predicted molar refractivity (Wildman–Crippen MR) is 142 cm³/mol. The minimum absolute atomic E-state index is 0.0975. The summed E-state index contributed by atoms with van der Waals surface area (Å²) in [4.78, 5) is 28.8. The summed E-state index contributed by atoms with van der Waals surface area (Å²) in [5, 5.41) is 0.655. The van der Waals surface area contributed by atoms with Crippen LogP contribution in [-0.2, 0) is 23.2 Å². The summed E-state index contributed by atoms with van der Waals surface area (Å²) in [7, 11) is 0.399. The first-order valence-corrected chi connectivity index (χ1v) is 13.7. The van der Waals surface area contributed by atoms with Crippen molar-refractivity contribution in [2.45, 2.75) is 32.2 Å². The molecule has 0 radical (unpaired) electrons. The zero-order chi connectivity index (χ0) is 27.4. The van der Waals surface area contributed by atoms with Crippen LogP contribution in [0.25, 0.3) is 11.0 Å². The van der Waals surface area contributed by atoms with E-state index in [2.05, 4.69) is 14.3 Å². The van der Waals surface area contributed by atoms with E-state index in [1.807, 2.05) is 0 Å². The summed E-state index contributed by atoms with van der Waals surface area (Å²) < 4.78 is 54.3. The van der Waals surface area contributed by atoms with Crippen molar-refractivity contribution in [2.75, 3.05) is 39.0 Å². The normalized spacial score (nSPS) is 14.4. The summed E-state index contributed by atoms with van der Waals surface area (Å²) in [5.74, 6) is -0.549. The lowest BCUT2D eigenvalue weighted by Crippen LogP contribution is -2.30. The van der Waals surface area contributed by atoms with Gasteiger partial charge in [-0.2, -0.15) is 8.42 Å². The number of rotatable bonds is 8. The fourth-order valence-corrected chi connectivity index (χ4v) is 4.97. The molecule has 1 amide bonds. The second-order valence-corrected chi connectivity index (χ2v) is 11.0. The number of carbonyl (C=O) groups is 1. The largest absolute Gasteiger partial charge is 0.422 e. The van der Waals surface area contributed by atoms with Crippen LogP contribution >= 0.6 is 0 Å². The van der Waals surface area contributed by atoms with Crippen LogP contribution in [0.5, 0.6) is 5.75 Å². The maximum Gasteiger partial charge on any atom is 0.414 e. The van der Waals surface area contributed by atoms with Crippen molar-refractivity contribution >= 4 is 33.0 Å². The van der Waals surface area contributed by atoms with E-state index in [1.165, 1.54) is 36.2 Å². The number of anilines is 1. The smallest absolute Gasteiger partial charge is 0.414 e. The number of hydrogen-bond acceptors (Lipinski definition) is 7. The third-order valence-corrected chi connectivity index (χ3v) is 7.48. The third kappa shape index (κ3) is 6.32. The van der Waals surface area contributed by atoms with Crippen LogP contribution in [0.2, 0.25) is 0 Å². The lowest BCUT2D eigenvalue weighted by Gasteiger charge is -2.27. The number of likely N-dealkylation sites (tertiary alicyclic amines) is 1. The average molecular weight is 547 g/mol. The number of halogens is 1. The highest BCUT2D eigenvalue weighted by molar-refractivity contribution is 7.90. The van der Waals surface area contributed by atoms with Gasteiger partial charge in [0.1, 0.15) is 11.3 Å². The van der Waals surface area contributed by atoms with Crippen LogP contribution in [0.3, 0.4) is 0 Å². The molecule has 10 nitrogen and oxygen atoms in total. The molecule has 1 aromatic heterocycles. The fraction of sp³-hybridized carbons (Fsp3) is 0.385. The minimum atomic E-state index is -3.93. The molecule has 4 rings (SSSR count). The van der Waals surface area contributed by atoms with Crippen molar-refractivity contribution in [3.63, 3.8) is 0 Å². The molecule has 38 heavy (non-hydrogen) atoms. The molecule has 204 valence electrons. The number of hydrogen-bond donors (Lipinski definition) is 2. The lowest BCUT2D eigenvalue weighted by atomic mass is 9.96. The van der Waals surface area contributed by atoms with Gasteiger partial charge in [-0.1, -0.05) is 18.6 Å². The summed E-state index contributed by atoms with van der Waals surface area (Å²) >= 11 is 0. The van der Waals surface area contributed by atoms with Crippen LogP contribution in [0.15, 0.2) is 45.6 Å². The van der Waals surface area contributed by atoms with Crippen molar-refractivity contribution < 1.29 is 26.8 Å². The van der Waals surface area contributed by atoms with E-state index in [1.54, 1.807) is 26.2 Å². The number of fused-ring (bicyclic) bond motifs is 1. The van der Waals surface area contributed by atoms with Gasteiger partial charge in [0, 0.05) is 51.1 Å². The van der Waals surface area contributed by atoms with E-state index in [0.29, 0.717) is 17.5 Å². The molecule has 12 heteroatoms. The summed E-state index contributed by atoms with van der Waals surface area (Å²) in [6.45, 7) is 2.20. The van der Waals surface area contributed by atoms with E-state index < -0.39 is 27.7 Å². The number of benzene rings is 2. The lowest BCUT2D eigenvalue weighted by molar-refractivity contribution is 0.172. The van der Waals surface area contributed by atoms with Gasteiger partial charge in [0.05, 0.1) is 5.69 Å². The number of nitrogens with zero attached hydrogens (tertiary/aromatic N) is 2. The molecule has 1 fully saturated rings. The molecular weight excluding hydrogens is 515 g/mol. The second kappa shape index (κ2) is 11.5. The molecule has 2 N–H and O–H groups in total. The highest BCUT2D eigenvalue weighted by Gasteiger charge is 2.22. The summed E-state index contributed by atoms with van der Waals surface area (Å²) in [6.07, 6.45) is 2.56. The molecule has 0 unspecified atom stereocenters. The molecule has 1 saturated heterocycles. The molecule has 3 aromatic rings. The zero-order valence-corrected chi connectivity index (χ0v) is 22.4. The van der Waals surface area contributed by atoms with Crippen LogP contribution in [0.4, 0.5) is 14.9 Å². The van der Waals surface area contributed by atoms with Gasteiger partial charge in [-0.3, -0.25) is 9.62 Å². The van der Waals surface area contributed by atoms with Gasteiger partial charge in [-0.15, -0.1) is 0 Å². The number of piperidine rings is 1. The van der Waals surface area contributed by atoms with Crippen LogP contribution < -0.4 is 19.8 Å². The molecule has 0 aliphatic carbocycles. The average Bonchev–Trinajstić information content (AvgIpc) is 2.88. The Morgan fingerprint density at radius 1 is 1.13 bits per heavy atom. The standard InChI is InChI=1S/C26H31FN4O6S/c1-28-38(34,35)29-22-9-7-8-17(24(22)27)14-20-21(16-31-12-5-4-6-13-31)19-11-10-18(36-26(33)30(2)3)15-23(19)37-25(20)32/h7-11,15,28-29H,4-6,12-14,16H2,1-3H3. The van der Waals surface area contributed by atoms with Gasteiger partial charge in [-0.25, -0.2) is 18.7 Å². The van der Waals surface area contributed by atoms with E-state index in [9.17, 15) is 18.0 Å². The van der Waals surface area contributed by atoms with Gasteiger partial charge in [0.2, 0.25) is 0 Å². The Morgan fingerprint density at radius 2 is 1.87 bits per heavy atom. The van der Waals surface area contributed by atoms with Gasteiger partial charge < -0.3 is 14.1 Å². The summed E-state index contributed by atoms with van der Waals surface area (Å²) in [5.41, 5.74) is 0.515. The molecule has 0 atom stereocenters. The molecule has 0 spiro atoms. The monoisotopic (exact) mass is 546 g/mol. The van der Waals surface area contributed by atoms with Crippen LogP contribution in [0.1, 0.15) is 36.0 Å². The molecule has 0 bridgehead atoms. The number of carbonyl (C=O) groups excluding carboxylic acids is 1. The molecular formula is C26H31FN4O6S. The molecule has 1 aliphatic rings. The SMILES string of the molecule is CNS(=O)(=O)Nc1cccc(Cc2c(CN3CCCCC3)c3ccc(OC(=O)N(C)C)cc3oc2=O)c1F. The number of amides is 1. The Balaban J connectivity index is 1.78. The molecule has 2 aromatic carbocycles. The Morgan fingerprint density at radius 3 is 2.55 bits per heavy atom. The molecule has 0 saturated carbocycles. The quantitative estimate of drug-likeness (QED) is 0.415. The Hall–Kier alpha value is -3.48. The molecule has 1 aliphatic heterocycles. The van der Waals surface area contributed by atoms with Crippen molar-refractivity contribution in [1.29, 1.82) is 0 Å². The van der Waals surface area contributed by atoms with Gasteiger partial charge in [0.15, 0.2) is 5.82 Å². The Kier molecular flexibility index (Phi) is 8.34. The first kappa shape index (κ1) is 27.6. The van der Waals surface area contributed by atoms with E-state index in [-0.39, 0.29) is 34.6 Å².